The predicted octanol–water partition coefficient (Wildman–Crippen LogP) is 2.87. The van der Waals surface area contributed by atoms with Crippen LogP contribution in [0.4, 0.5) is 5.69 Å². The van der Waals surface area contributed by atoms with Crippen LogP contribution in [0.2, 0.25) is 0 Å². The van der Waals surface area contributed by atoms with E-state index in [1.54, 1.807) is 0 Å². The van der Waals surface area contributed by atoms with Crippen LogP contribution >= 0.6 is 12.4 Å². The van der Waals surface area contributed by atoms with Crippen LogP contribution in [0.25, 0.3) is 0 Å². The van der Waals surface area contributed by atoms with Crippen molar-refractivity contribution in [2.75, 3.05) is 12.3 Å². The molecule has 1 aromatic carbocycles. The summed E-state index contributed by atoms with van der Waals surface area (Å²) in [6, 6.07) is 7.57. The van der Waals surface area contributed by atoms with Crippen LogP contribution < -0.4 is 10.5 Å². The summed E-state index contributed by atoms with van der Waals surface area (Å²) in [6.07, 6.45) is 3.99. The van der Waals surface area contributed by atoms with Crippen molar-refractivity contribution in [1.29, 1.82) is 0 Å². The van der Waals surface area contributed by atoms with Gasteiger partial charge in [-0.25, -0.2) is 0 Å². The lowest BCUT2D eigenvalue weighted by Gasteiger charge is -2.04. The highest BCUT2D eigenvalue weighted by molar-refractivity contribution is 5.85. The number of hydrogen-bond acceptors (Lipinski definition) is 2. The van der Waals surface area contributed by atoms with E-state index in [-0.39, 0.29) is 12.4 Å². The zero-order valence-corrected chi connectivity index (χ0v) is 8.93. The van der Waals surface area contributed by atoms with E-state index in [0.717, 1.165) is 24.0 Å². The molecule has 0 heterocycles. The van der Waals surface area contributed by atoms with Gasteiger partial charge < -0.3 is 10.5 Å². The summed E-state index contributed by atoms with van der Waals surface area (Å²) in [5.74, 6) is 1.86. The van der Waals surface area contributed by atoms with Gasteiger partial charge in [-0.05, 0) is 36.6 Å². The molecule has 1 saturated carbocycles. The van der Waals surface area contributed by atoms with E-state index in [1.807, 2.05) is 24.3 Å². The molecule has 0 amide bonds. The highest BCUT2D eigenvalue weighted by Gasteiger charge is 2.20. The largest absolute Gasteiger partial charge is 0.494 e. The van der Waals surface area contributed by atoms with Gasteiger partial charge in [-0.3, -0.25) is 0 Å². The molecular weight excluding hydrogens is 198 g/mol. The van der Waals surface area contributed by atoms with Crippen LogP contribution in [0.5, 0.6) is 5.75 Å². The lowest BCUT2D eigenvalue weighted by atomic mass is 10.3. The number of ether oxygens (including phenoxy) is 1. The molecule has 0 aliphatic heterocycles. The summed E-state index contributed by atoms with van der Waals surface area (Å²) >= 11 is 0. The summed E-state index contributed by atoms with van der Waals surface area (Å²) in [7, 11) is 0. The average molecular weight is 214 g/mol. The molecule has 2 N–H and O–H groups in total. The van der Waals surface area contributed by atoms with E-state index in [0.29, 0.717) is 0 Å². The Morgan fingerprint density at radius 1 is 1.21 bits per heavy atom. The molecule has 0 aromatic heterocycles. The first-order valence-electron chi connectivity index (χ1n) is 4.83. The number of halogens is 1. The second-order valence-electron chi connectivity index (χ2n) is 3.65. The van der Waals surface area contributed by atoms with Crippen molar-refractivity contribution < 1.29 is 4.74 Å². The average Bonchev–Trinajstić information content (AvgIpc) is 2.92. The molecule has 1 aliphatic rings. The van der Waals surface area contributed by atoms with E-state index in [1.165, 1.54) is 19.3 Å². The van der Waals surface area contributed by atoms with Crippen molar-refractivity contribution in [3.05, 3.63) is 24.3 Å². The second-order valence-corrected chi connectivity index (χ2v) is 3.65. The van der Waals surface area contributed by atoms with Crippen molar-refractivity contribution in [2.24, 2.45) is 5.92 Å². The van der Waals surface area contributed by atoms with Crippen LogP contribution in [0.15, 0.2) is 24.3 Å². The van der Waals surface area contributed by atoms with Crippen molar-refractivity contribution in [3.63, 3.8) is 0 Å². The van der Waals surface area contributed by atoms with Gasteiger partial charge >= 0.3 is 0 Å². The van der Waals surface area contributed by atoms with Crippen molar-refractivity contribution >= 4 is 18.1 Å². The third kappa shape index (κ3) is 3.46. The topological polar surface area (TPSA) is 35.2 Å². The monoisotopic (exact) mass is 213 g/mol. The number of rotatable bonds is 4. The molecule has 0 unspecified atom stereocenters. The van der Waals surface area contributed by atoms with Crippen LogP contribution in [-0.4, -0.2) is 6.61 Å². The van der Waals surface area contributed by atoms with Gasteiger partial charge in [0.1, 0.15) is 5.75 Å². The Kier molecular flexibility index (Phi) is 4.08. The third-order valence-electron chi connectivity index (χ3n) is 2.37. The highest BCUT2D eigenvalue weighted by Crippen LogP contribution is 2.32. The van der Waals surface area contributed by atoms with Crippen LogP contribution in [0.3, 0.4) is 0 Å². The number of anilines is 1. The molecule has 14 heavy (non-hydrogen) atoms. The van der Waals surface area contributed by atoms with Crippen LogP contribution in [0, 0.1) is 5.92 Å². The predicted molar refractivity (Wildman–Crippen MR) is 60.9 cm³/mol. The molecule has 2 rings (SSSR count). The van der Waals surface area contributed by atoms with Gasteiger partial charge in [0.15, 0.2) is 0 Å². The number of benzene rings is 1. The minimum Gasteiger partial charge on any atom is -0.494 e. The first-order chi connectivity index (χ1) is 6.34. The lowest BCUT2D eigenvalue weighted by Crippen LogP contribution is -1.98. The first kappa shape index (κ1) is 11.2. The highest BCUT2D eigenvalue weighted by atomic mass is 35.5. The van der Waals surface area contributed by atoms with Crippen LogP contribution in [-0.2, 0) is 0 Å². The minimum absolute atomic E-state index is 0. The normalized spacial score (nSPS) is 14.6. The Hall–Kier alpha value is -0.890. The molecule has 0 saturated heterocycles. The zero-order chi connectivity index (χ0) is 9.10. The van der Waals surface area contributed by atoms with Crippen LogP contribution in [0.1, 0.15) is 19.3 Å². The number of nitrogen functional groups attached to an aromatic ring is 1. The van der Waals surface area contributed by atoms with Gasteiger partial charge in [-0.2, -0.15) is 0 Å². The maximum atomic E-state index is 5.56. The van der Waals surface area contributed by atoms with E-state index < -0.39 is 0 Å². The standard InChI is InChI=1S/C11H15NO.ClH/c12-10-3-5-11(6-4-10)13-8-7-9-1-2-9;/h3-6,9H,1-2,7-8,12H2;1H. The zero-order valence-electron chi connectivity index (χ0n) is 8.11. The lowest BCUT2D eigenvalue weighted by molar-refractivity contribution is 0.302. The minimum atomic E-state index is 0. The molecule has 1 aliphatic carbocycles. The molecule has 0 radical (unpaired) electrons. The molecule has 1 aromatic rings. The summed E-state index contributed by atoms with van der Waals surface area (Å²) in [5, 5.41) is 0. The van der Waals surface area contributed by atoms with Gasteiger partial charge in [0, 0.05) is 5.69 Å². The van der Waals surface area contributed by atoms with E-state index in [9.17, 15) is 0 Å². The maximum absolute atomic E-state index is 5.56. The van der Waals surface area contributed by atoms with Crippen molar-refractivity contribution in [2.45, 2.75) is 19.3 Å². The molecule has 2 nitrogen and oxygen atoms in total. The summed E-state index contributed by atoms with van der Waals surface area (Å²) < 4.78 is 5.56. The molecule has 78 valence electrons. The molecule has 0 bridgehead atoms. The molecule has 1 fully saturated rings. The van der Waals surface area contributed by atoms with Gasteiger partial charge in [0.05, 0.1) is 6.61 Å². The van der Waals surface area contributed by atoms with Gasteiger partial charge in [-0.1, -0.05) is 12.8 Å². The van der Waals surface area contributed by atoms with Gasteiger partial charge in [0.2, 0.25) is 0 Å². The fraction of sp³-hybridized carbons (Fsp3) is 0.455. The SMILES string of the molecule is Cl.Nc1ccc(OCCC2CC2)cc1. The fourth-order valence-corrected chi connectivity index (χ4v) is 1.31. The smallest absolute Gasteiger partial charge is 0.119 e. The Morgan fingerprint density at radius 3 is 2.43 bits per heavy atom. The Morgan fingerprint density at radius 2 is 1.86 bits per heavy atom. The fourth-order valence-electron chi connectivity index (χ4n) is 1.31. The Bertz CT molecular complexity index is 269. The van der Waals surface area contributed by atoms with E-state index in [2.05, 4.69) is 0 Å². The van der Waals surface area contributed by atoms with Crippen molar-refractivity contribution in [1.82, 2.24) is 0 Å². The van der Waals surface area contributed by atoms with Gasteiger partial charge in [-0.15, -0.1) is 12.4 Å². The molecule has 0 atom stereocenters. The summed E-state index contributed by atoms with van der Waals surface area (Å²) in [4.78, 5) is 0. The van der Waals surface area contributed by atoms with E-state index >= 15 is 0 Å². The quantitative estimate of drug-likeness (QED) is 0.781. The molecular formula is C11H16ClNO. The van der Waals surface area contributed by atoms with E-state index in [4.69, 9.17) is 10.5 Å². The Labute approximate surface area is 90.9 Å². The molecule has 3 heteroatoms. The number of nitrogens with two attached hydrogens (primary N) is 1. The maximum Gasteiger partial charge on any atom is 0.119 e. The second kappa shape index (κ2) is 5.11. The Balaban J connectivity index is 0.000000980. The first-order valence-corrected chi connectivity index (χ1v) is 4.83. The number of hydrogen-bond donors (Lipinski definition) is 1. The summed E-state index contributed by atoms with van der Waals surface area (Å²) in [6.45, 7) is 0.842. The third-order valence-corrected chi connectivity index (χ3v) is 2.37. The van der Waals surface area contributed by atoms with Crippen molar-refractivity contribution in [3.8, 4) is 5.75 Å². The van der Waals surface area contributed by atoms with Gasteiger partial charge in [0.25, 0.3) is 0 Å². The molecule has 0 spiro atoms. The summed E-state index contributed by atoms with van der Waals surface area (Å²) in [5.41, 5.74) is 6.34.